The van der Waals surface area contributed by atoms with Crippen LogP contribution in [0.25, 0.3) is 0 Å². The highest BCUT2D eigenvalue weighted by atomic mass is 16.5. The summed E-state index contributed by atoms with van der Waals surface area (Å²) in [6, 6.07) is 10.3. The van der Waals surface area contributed by atoms with E-state index in [9.17, 15) is 0 Å². The van der Waals surface area contributed by atoms with Crippen molar-refractivity contribution in [2.75, 3.05) is 13.6 Å². The van der Waals surface area contributed by atoms with Gasteiger partial charge in [0.25, 0.3) is 0 Å². The van der Waals surface area contributed by atoms with Crippen molar-refractivity contribution in [1.82, 2.24) is 10.3 Å². The second-order valence-electron chi connectivity index (χ2n) is 5.06. The minimum Gasteiger partial charge on any atom is -0.455 e. The Morgan fingerprint density at radius 1 is 1.32 bits per heavy atom. The van der Waals surface area contributed by atoms with Crippen LogP contribution in [0.5, 0.6) is 11.5 Å². The summed E-state index contributed by atoms with van der Waals surface area (Å²) in [5, 5.41) is 3.25. The third-order valence-electron chi connectivity index (χ3n) is 3.55. The Labute approximate surface area is 113 Å². The lowest BCUT2D eigenvalue weighted by Crippen LogP contribution is -2.19. The van der Waals surface area contributed by atoms with Crippen LogP contribution in [0.3, 0.4) is 0 Å². The zero-order valence-electron chi connectivity index (χ0n) is 11.3. The van der Waals surface area contributed by atoms with Crippen molar-refractivity contribution in [3.63, 3.8) is 0 Å². The molecule has 1 aromatic heterocycles. The molecule has 0 radical (unpaired) electrons. The van der Waals surface area contributed by atoms with E-state index in [0.29, 0.717) is 5.92 Å². The maximum atomic E-state index is 6.07. The van der Waals surface area contributed by atoms with E-state index >= 15 is 0 Å². The molecule has 1 aliphatic heterocycles. The molecule has 0 fully saturated rings. The zero-order valence-corrected chi connectivity index (χ0v) is 11.3. The molecule has 3 nitrogen and oxygen atoms in total. The van der Waals surface area contributed by atoms with Gasteiger partial charge in [-0.15, -0.1) is 0 Å². The van der Waals surface area contributed by atoms with Crippen molar-refractivity contribution in [1.29, 1.82) is 0 Å². The Bertz CT molecular complexity index is 595. The van der Waals surface area contributed by atoms with Gasteiger partial charge >= 0.3 is 0 Å². The summed E-state index contributed by atoms with van der Waals surface area (Å²) in [5.41, 5.74) is 3.52. The molecule has 3 rings (SSSR count). The molecular weight excluding hydrogens is 236 g/mol. The minimum absolute atomic E-state index is 0.352. The highest BCUT2D eigenvalue weighted by Gasteiger charge is 2.23. The lowest BCUT2D eigenvalue weighted by atomic mass is 9.95. The first-order valence-corrected chi connectivity index (χ1v) is 6.65. The van der Waals surface area contributed by atoms with Gasteiger partial charge in [0.1, 0.15) is 11.5 Å². The number of nitrogens with one attached hydrogen (secondary N) is 1. The van der Waals surface area contributed by atoms with E-state index in [1.54, 1.807) is 0 Å². The van der Waals surface area contributed by atoms with E-state index < -0.39 is 0 Å². The molecule has 2 aromatic rings. The second-order valence-corrected chi connectivity index (χ2v) is 5.06. The highest BCUT2D eigenvalue weighted by molar-refractivity contribution is 5.46. The molecule has 0 saturated carbocycles. The molecule has 1 aromatic carbocycles. The van der Waals surface area contributed by atoms with Gasteiger partial charge < -0.3 is 10.1 Å². The van der Waals surface area contributed by atoms with Crippen LogP contribution in [0.4, 0.5) is 0 Å². The molecule has 0 amide bonds. The first kappa shape index (κ1) is 12.2. The number of aromatic nitrogens is 1. The lowest BCUT2D eigenvalue weighted by Gasteiger charge is -2.14. The molecule has 0 bridgehead atoms. The van der Waals surface area contributed by atoms with E-state index in [0.717, 1.165) is 30.2 Å². The normalized spacial score (nSPS) is 17.1. The Morgan fingerprint density at radius 2 is 2.21 bits per heavy atom. The SMILES string of the molecule is CNCC1Cc2ccc(C)cc2Oc2cccnc21. The number of hydrogen-bond acceptors (Lipinski definition) is 3. The van der Waals surface area contributed by atoms with E-state index in [1.807, 2.05) is 25.4 Å². The van der Waals surface area contributed by atoms with Crippen molar-refractivity contribution in [2.45, 2.75) is 19.3 Å². The molecule has 0 aliphatic carbocycles. The first-order chi connectivity index (χ1) is 9.28. The molecule has 0 spiro atoms. The lowest BCUT2D eigenvalue weighted by molar-refractivity contribution is 0.473. The molecule has 2 heterocycles. The number of aryl methyl sites for hydroxylation is 1. The molecular formula is C16H18N2O. The fraction of sp³-hybridized carbons (Fsp3) is 0.312. The minimum atomic E-state index is 0.352. The quantitative estimate of drug-likeness (QED) is 0.894. The fourth-order valence-corrected chi connectivity index (χ4v) is 2.62. The molecule has 1 N–H and O–H groups in total. The summed E-state index contributed by atoms with van der Waals surface area (Å²) in [7, 11) is 1.98. The van der Waals surface area contributed by atoms with Crippen molar-refractivity contribution >= 4 is 0 Å². The standard InChI is InChI=1S/C16H18N2O/c1-11-5-6-12-9-13(10-17-2)16-14(4-3-7-18-16)19-15(12)8-11/h3-8,13,17H,9-10H2,1-2H3. The molecule has 98 valence electrons. The number of likely N-dealkylation sites (N-methyl/N-ethyl adjacent to an activating group) is 1. The van der Waals surface area contributed by atoms with E-state index in [-0.39, 0.29) is 0 Å². The van der Waals surface area contributed by atoms with Crippen molar-refractivity contribution < 1.29 is 4.74 Å². The van der Waals surface area contributed by atoms with E-state index in [4.69, 9.17) is 4.74 Å². The van der Waals surface area contributed by atoms with Crippen LogP contribution >= 0.6 is 0 Å². The Kier molecular flexibility index (Phi) is 3.22. The van der Waals surface area contributed by atoms with Crippen molar-refractivity contribution in [2.24, 2.45) is 0 Å². The number of hydrogen-bond donors (Lipinski definition) is 1. The van der Waals surface area contributed by atoms with Gasteiger partial charge in [0.2, 0.25) is 0 Å². The van der Waals surface area contributed by atoms with Crippen LogP contribution in [0, 0.1) is 6.92 Å². The summed E-state index contributed by atoms with van der Waals surface area (Å²) in [4.78, 5) is 4.52. The van der Waals surface area contributed by atoms with Crippen LogP contribution in [0.2, 0.25) is 0 Å². The largest absolute Gasteiger partial charge is 0.455 e. The van der Waals surface area contributed by atoms with Crippen LogP contribution in [0.1, 0.15) is 22.7 Å². The number of ether oxygens (including phenoxy) is 1. The van der Waals surface area contributed by atoms with Crippen LogP contribution in [-0.2, 0) is 6.42 Å². The van der Waals surface area contributed by atoms with Gasteiger partial charge in [-0.1, -0.05) is 12.1 Å². The van der Waals surface area contributed by atoms with E-state index in [2.05, 4.69) is 35.4 Å². The van der Waals surface area contributed by atoms with Crippen molar-refractivity contribution in [3.8, 4) is 11.5 Å². The predicted octanol–water partition coefficient (Wildman–Crippen LogP) is 3.04. The van der Waals surface area contributed by atoms with Gasteiger partial charge in [-0.2, -0.15) is 0 Å². The first-order valence-electron chi connectivity index (χ1n) is 6.65. The fourth-order valence-electron chi connectivity index (χ4n) is 2.62. The molecule has 1 aliphatic rings. The summed E-state index contributed by atoms with van der Waals surface area (Å²) in [6.45, 7) is 2.99. The summed E-state index contributed by atoms with van der Waals surface area (Å²) in [5.74, 6) is 2.20. The van der Waals surface area contributed by atoms with Gasteiger partial charge in [-0.3, -0.25) is 4.98 Å². The number of pyridine rings is 1. The number of nitrogens with zero attached hydrogens (tertiary/aromatic N) is 1. The van der Waals surface area contributed by atoms with Crippen LogP contribution in [-0.4, -0.2) is 18.6 Å². The molecule has 1 unspecified atom stereocenters. The van der Waals surface area contributed by atoms with Gasteiger partial charge in [-0.05, 0) is 49.7 Å². The van der Waals surface area contributed by atoms with Gasteiger partial charge in [0, 0.05) is 18.7 Å². The Morgan fingerprint density at radius 3 is 3.05 bits per heavy atom. The molecule has 19 heavy (non-hydrogen) atoms. The number of benzene rings is 1. The predicted molar refractivity (Wildman–Crippen MR) is 75.9 cm³/mol. The molecule has 1 atom stereocenters. The third-order valence-corrected chi connectivity index (χ3v) is 3.55. The third kappa shape index (κ3) is 2.34. The Balaban J connectivity index is 2.09. The average molecular weight is 254 g/mol. The van der Waals surface area contributed by atoms with Crippen LogP contribution in [0.15, 0.2) is 36.5 Å². The molecule has 3 heteroatoms. The monoisotopic (exact) mass is 254 g/mol. The average Bonchev–Trinajstić information content (AvgIpc) is 2.56. The molecule has 0 saturated heterocycles. The number of rotatable bonds is 2. The highest BCUT2D eigenvalue weighted by Crippen LogP contribution is 2.38. The summed E-state index contributed by atoms with van der Waals surface area (Å²) >= 11 is 0. The van der Waals surface area contributed by atoms with E-state index in [1.165, 1.54) is 11.1 Å². The summed E-state index contributed by atoms with van der Waals surface area (Å²) in [6.07, 6.45) is 2.80. The topological polar surface area (TPSA) is 34.1 Å². The zero-order chi connectivity index (χ0) is 13.2. The number of fused-ring (bicyclic) bond motifs is 2. The van der Waals surface area contributed by atoms with Crippen LogP contribution < -0.4 is 10.1 Å². The summed E-state index contributed by atoms with van der Waals surface area (Å²) < 4.78 is 6.07. The van der Waals surface area contributed by atoms with Gasteiger partial charge in [0.05, 0.1) is 5.69 Å². The maximum Gasteiger partial charge on any atom is 0.149 e. The maximum absolute atomic E-state index is 6.07. The van der Waals surface area contributed by atoms with Gasteiger partial charge in [-0.25, -0.2) is 0 Å². The Hall–Kier alpha value is -1.87. The smallest absolute Gasteiger partial charge is 0.149 e. The second kappa shape index (κ2) is 5.02. The van der Waals surface area contributed by atoms with Crippen molar-refractivity contribution in [3.05, 3.63) is 53.3 Å². The van der Waals surface area contributed by atoms with Gasteiger partial charge in [0.15, 0.2) is 0 Å².